The van der Waals surface area contributed by atoms with Crippen molar-refractivity contribution >= 4 is 0 Å². The van der Waals surface area contributed by atoms with E-state index in [1.165, 1.54) is 6.42 Å². The summed E-state index contributed by atoms with van der Waals surface area (Å²) < 4.78 is 55.9. The van der Waals surface area contributed by atoms with Crippen molar-refractivity contribution in [2.75, 3.05) is 139 Å². The van der Waals surface area contributed by atoms with E-state index in [-0.39, 0.29) is 6.61 Å². The van der Waals surface area contributed by atoms with Crippen molar-refractivity contribution in [3.05, 3.63) is 0 Å². The summed E-state index contributed by atoms with van der Waals surface area (Å²) in [6, 6.07) is 0. The van der Waals surface area contributed by atoms with Crippen LogP contribution in [0.2, 0.25) is 0 Å². The predicted molar refractivity (Wildman–Crippen MR) is 181 cm³/mol. The van der Waals surface area contributed by atoms with Gasteiger partial charge in [0.1, 0.15) is 0 Å². The summed E-state index contributed by atoms with van der Waals surface area (Å²) in [5.74, 6) is 0. The van der Waals surface area contributed by atoms with Crippen molar-refractivity contribution in [1.82, 2.24) is 0 Å². The molecule has 0 unspecified atom stereocenters. The van der Waals surface area contributed by atoms with E-state index < -0.39 is 0 Å². The Morgan fingerprint density at radius 2 is 0.413 bits per heavy atom. The van der Waals surface area contributed by atoms with Gasteiger partial charge in [-0.05, 0) is 77.0 Å². The van der Waals surface area contributed by atoms with Crippen LogP contribution < -0.4 is 0 Å². The topological polar surface area (TPSA) is 113 Å². The van der Waals surface area contributed by atoms with Crippen molar-refractivity contribution in [3.8, 4) is 0 Å². The summed E-state index contributed by atoms with van der Waals surface area (Å²) in [5.41, 5.74) is 0. The van der Waals surface area contributed by atoms with Gasteiger partial charge in [-0.2, -0.15) is 0 Å². The van der Waals surface area contributed by atoms with Crippen LogP contribution >= 0.6 is 0 Å². The standard InChI is InChI=1S/C35H72O11/c1-2-3-16-37-17-4-5-18-38-20-7-22-40-24-9-26-42-28-11-30-44-32-13-34-46-35-14-33-45-31-12-29-43-27-10-25-41-23-8-21-39-19-6-15-36/h36H,2-35H2,1H3. The molecule has 0 heterocycles. The molecule has 0 saturated carbocycles. The molecule has 0 aliphatic rings. The van der Waals surface area contributed by atoms with E-state index in [0.717, 1.165) is 130 Å². The molecule has 0 atom stereocenters. The second-order valence-corrected chi connectivity index (χ2v) is 11.1. The quantitative estimate of drug-likeness (QED) is 0.0862. The number of aliphatic hydroxyl groups is 1. The lowest BCUT2D eigenvalue weighted by atomic mass is 10.3. The van der Waals surface area contributed by atoms with Gasteiger partial charge < -0.3 is 52.5 Å². The molecule has 0 amide bonds. The van der Waals surface area contributed by atoms with Gasteiger partial charge in [0, 0.05) is 139 Å². The molecule has 0 saturated heterocycles. The fraction of sp³-hybridized carbons (Fsp3) is 1.00. The van der Waals surface area contributed by atoms with E-state index in [0.29, 0.717) is 79.1 Å². The minimum absolute atomic E-state index is 0.181. The molecule has 11 nitrogen and oxygen atoms in total. The molecular formula is C35H72O11. The SMILES string of the molecule is CCCCOCCCCOCCCOCCCOCCCOCCCOCCCOCCCOCCCOCCCOCCCO. The molecule has 0 bridgehead atoms. The number of aliphatic hydroxyl groups excluding tert-OH is 1. The molecule has 0 aromatic carbocycles. The van der Waals surface area contributed by atoms with E-state index >= 15 is 0 Å². The summed E-state index contributed by atoms with van der Waals surface area (Å²) in [5, 5.41) is 8.67. The van der Waals surface area contributed by atoms with Crippen LogP contribution in [-0.2, 0) is 47.4 Å². The second-order valence-electron chi connectivity index (χ2n) is 11.1. The van der Waals surface area contributed by atoms with Crippen LogP contribution in [0.1, 0.15) is 90.4 Å². The minimum atomic E-state index is 0.181. The lowest BCUT2D eigenvalue weighted by molar-refractivity contribution is 0.0413. The van der Waals surface area contributed by atoms with Gasteiger partial charge in [-0.1, -0.05) is 13.3 Å². The summed E-state index contributed by atoms with van der Waals surface area (Å²) in [6.45, 7) is 17.0. The van der Waals surface area contributed by atoms with Crippen molar-refractivity contribution in [3.63, 3.8) is 0 Å². The molecule has 0 rings (SSSR count). The van der Waals surface area contributed by atoms with Crippen molar-refractivity contribution < 1.29 is 52.5 Å². The van der Waals surface area contributed by atoms with Crippen LogP contribution in [0, 0.1) is 0 Å². The maximum atomic E-state index is 8.67. The van der Waals surface area contributed by atoms with Crippen molar-refractivity contribution in [2.45, 2.75) is 90.4 Å². The van der Waals surface area contributed by atoms with Gasteiger partial charge in [0.15, 0.2) is 0 Å². The summed E-state index contributed by atoms with van der Waals surface area (Å²) in [6.07, 6.45) is 12.4. The zero-order chi connectivity index (χ0) is 33.1. The Morgan fingerprint density at radius 1 is 0.239 bits per heavy atom. The summed E-state index contributed by atoms with van der Waals surface area (Å²) >= 11 is 0. The minimum Gasteiger partial charge on any atom is -0.396 e. The maximum absolute atomic E-state index is 8.67. The number of hydrogen-bond donors (Lipinski definition) is 1. The fourth-order valence-corrected chi connectivity index (χ4v) is 3.95. The van der Waals surface area contributed by atoms with E-state index in [2.05, 4.69) is 6.92 Å². The Labute approximate surface area is 281 Å². The molecule has 0 aliphatic heterocycles. The van der Waals surface area contributed by atoms with Gasteiger partial charge in [0.25, 0.3) is 0 Å². The molecule has 1 N–H and O–H groups in total. The third kappa shape index (κ3) is 43.6. The largest absolute Gasteiger partial charge is 0.396 e. The van der Waals surface area contributed by atoms with Gasteiger partial charge >= 0.3 is 0 Å². The molecule has 46 heavy (non-hydrogen) atoms. The van der Waals surface area contributed by atoms with Gasteiger partial charge in [0.05, 0.1) is 0 Å². The Balaban J connectivity index is 3.03. The lowest BCUT2D eigenvalue weighted by Crippen LogP contribution is -2.08. The zero-order valence-electron chi connectivity index (χ0n) is 29.6. The van der Waals surface area contributed by atoms with E-state index in [1.54, 1.807) is 0 Å². The van der Waals surface area contributed by atoms with Gasteiger partial charge in [-0.3, -0.25) is 0 Å². The first-order chi connectivity index (χ1) is 22.9. The first-order valence-electron chi connectivity index (χ1n) is 18.3. The highest BCUT2D eigenvalue weighted by molar-refractivity contribution is 4.44. The van der Waals surface area contributed by atoms with E-state index in [1.807, 2.05) is 0 Å². The lowest BCUT2D eigenvalue weighted by Gasteiger charge is -2.08. The maximum Gasteiger partial charge on any atom is 0.0488 e. The molecule has 0 aromatic heterocycles. The van der Waals surface area contributed by atoms with Crippen molar-refractivity contribution in [1.29, 1.82) is 0 Å². The zero-order valence-corrected chi connectivity index (χ0v) is 29.6. The summed E-state index contributed by atoms with van der Waals surface area (Å²) in [7, 11) is 0. The van der Waals surface area contributed by atoms with Crippen LogP contribution in [0.5, 0.6) is 0 Å². The molecule has 0 fully saturated rings. The first kappa shape index (κ1) is 45.6. The number of ether oxygens (including phenoxy) is 10. The highest BCUT2D eigenvalue weighted by atomic mass is 16.5. The van der Waals surface area contributed by atoms with Gasteiger partial charge in [-0.25, -0.2) is 0 Å². The normalized spacial score (nSPS) is 11.6. The van der Waals surface area contributed by atoms with Crippen molar-refractivity contribution in [2.24, 2.45) is 0 Å². The summed E-state index contributed by atoms with van der Waals surface area (Å²) in [4.78, 5) is 0. The predicted octanol–water partition coefficient (Wildman–Crippen LogP) is 5.24. The van der Waals surface area contributed by atoms with Crippen LogP contribution in [0.15, 0.2) is 0 Å². The number of unbranched alkanes of at least 4 members (excludes halogenated alkanes) is 2. The molecule has 0 spiro atoms. The van der Waals surface area contributed by atoms with Crippen LogP contribution in [0.3, 0.4) is 0 Å². The molecule has 0 aliphatic carbocycles. The molecular weight excluding hydrogens is 596 g/mol. The Hall–Kier alpha value is -0.440. The van der Waals surface area contributed by atoms with E-state index in [9.17, 15) is 0 Å². The first-order valence-corrected chi connectivity index (χ1v) is 18.3. The fourth-order valence-electron chi connectivity index (χ4n) is 3.95. The van der Waals surface area contributed by atoms with E-state index in [4.69, 9.17) is 52.5 Å². The Kier molecular flexibility index (Phi) is 44.1. The third-order valence-electron chi connectivity index (χ3n) is 6.54. The third-order valence-corrected chi connectivity index (χ3v) is 6.54. The average Bonchev–Trinajstić information content (AvgIpc) is 3.07. The average molecular weight is 669 g/mol. The monoisotopic (exact) mass is 669 g/mol. The highest BCUT2D eigenvalue weighted by Crippen LogP contribution is 1.97. The Bertz CT molecular complexity index is 473. The molecule has 11 heteroatoms. The smallest absolute Gasteiger partial charge is 0.0488 e. The van der Waals surface area contributed by atoms with Crippen LogP contribution in [0.25, 0.3) is 0 Å². The molecule has 278 valence electrons. The van der Waals surface area contributed by atoms with Gasteiger partial charge in [0.2, 0.25) is 0 Å². The highest BCUT2D eigenvalue weighted by Gasteiger charge is 1.97. The van der Waals surface area contributed by atoms with Gasteiger partial charge in [-0.15, -0.1) is 0 Å². The molecule has 0 radical (unpaired) electrons. The van der Waals surface area contributed by atoms with Crippen LogP contribution in [-0.4, -0.2) is 144 Å². The number of hydrogen-bond acceptors (Lipinski definition) is 11. The Morgan fingerprint density at radius 3 is 0.609 bits per heavy atom. The number of rotatable bonds is 43. The second kappa shape index (κ2) is 44.6. The van der Waals surface area contributed by atoms with Crippen LogP contribution in [0.4, 0.5) is 0 Å². The molecule has 0 aromatic rings.